The molecule has 0 fully saturated rings. The summed E-state index contributed by atoms with van der Waals surface area (Å²) >= 11 is 0. The molecule has 12 heavy (non-hydrogen) atoms. The van der Waals surface area contributed by atoms with E-state index in [1.54, 1.807) is 0 Å². The summed E-state index contributed by atoms with van der Waals surface area (Å²) in [7, 11) is 0. The number of carboxylic acid groups (broad SMARTS) is 1. The summed E-state index contributed by atoms with van der Waals surface area (Å²) in [4.78, 5) is 10.7. The molecule has 2 heteroatoms. The Labute approximate surface area is 73.3 Å². The van der Waals surface area contributed by atoms with Crippen LogP contribution in [-0.2, 0) is 4.79 Å². The van der Waals surface area contributed by atoms with Crippen molar-refractivity contribution in [3.63, 3.8) is 0 Å². The first-order valence-corrected chi connectivity index (χ1v) is 4.68. The molecule has 0 spiro atoms. The van der Waals surface area contributed by atoms with Crippen LogP contribution in [0.4, 0.5) is 0 Å². The van der Waals surface area contributed by atoms with Crippen LogP contribution in [0.25, 0.3) is 0 Å². The maximum absolute atomic E-state index is 10.7. The summed E-state index contributed by atoms with van der Waals surface area (Å²) in [5.74, 6) is -0.724. The molecule has 2 nitrogen and oxygen atoms in total. The van der Waals surface area contributed by atoms with Crippen molar-refractivity contribution in [2.24, 2.45) is 5.92 Å². The Balaban J connectivity index is 2.41. The van der Waals surface area contributed by atoms with E-state index in [1.807, 2.05) is 0 Å². The molecule has 0 radical (unpaired) electrons. The molecule has 68 valence electrons. The van der Waals surface area contributed by atoms with Gasteiger partial charge in [0.15, 0.2) is 0 Å². The minimum atomic E-state index is -0.620. The van der Waals surface area contributed by atoms with Gasteiger partial charge in [-0.1, -0.05) is 18.6 Å². The van der Waals surface area contributed by atoms with E-state index in [9.17, 15) is 4.79 Å². The van der Waals surface area contributed by atoms with Crippen LogP contribution in [0, 0.1) is 5.92 Å². The molecule has 0 saturated carbocycles. The van der Waals surface area contributed by atoms with Crippen molar-refractivity contribution in [3.05, 3.63) is 12.2 Å². The van der Waals surface area contributed by atoms with Gasteiger partial charge >= 0.3 is 5.97 Å². The molecule has 0 bridgehead atoms. The standard InChI is InChI=1S/C10H16O2/c11-10(12)9-7-5-3-1-2-4-6-8-9/h1,3,9H,2,4-8H2,(H,11,12). The first-order valence-electron chi connectivity index (χ1n) is 4.68. The molecule has 1 N–H and O–H groups in total. The Hall–Kier alpha value is -0.790. The number of hydrogen-bond donors (Lipinski definition) is 1. The second kappa shape index (κ2) is 4.96. The second-order valence-electron chi connectivity index (χ2n) is 3.37. The van der Waals surface area contributed by atoms with Gasteiger partial charge in [-0.15, -0.1) is 0 Å². The molecule has 0 aromatic carbocycles. The molecule has 0 aromatic rings. The SMILES string of the molecule is O=C(O)C1CCC=CCCCC1. The smallest absolute Gasteiger partial charge is 0.306 e. The van der Waals surface area contributed by atoms with E-state index < -0.39 is 5.97 Å². The maximum atomic E-state index is 10.7. The van der Waals surface area contributed by atoms with Crippen LogP contribution in [-0.4, -0.2) is 11.1 Å². The van der Waals surface area contributed by atoms with E-state index in [1.165, 1.54) is 0 Å². The molecular weight excluding hydrogens is 152 g/mol. The van der Waals surface area contributed by atoms with Gasteiger partial charge in [-0.05, 0) is 32.1 Å². The third kappa shape index (κ3) is 3.07. The van der Waals surface area contributed by atoms with E-state index in [-0.39, 0.29) is 5.92 Å². The largest absolute Gasteiger partial charge is 0.481 e. The zero-order valence-corrected chi connectivity index (χ0v) is 7.33. The zero-order valence-electron chi connectivity index (χ0n) is 7.33. The summed E-state index contributed by atoms with van der Waals surface area (Å²) < 4.78 is 0. The van der Waals surface area contributed by atoms with Crippen LogP contribution in [0.2, 0.25) is 0 Å². The lowest BCUT2D eigenvalue weighted by Gasteiger charge is -2.08. The third-order valence-corrected chi connectivity index (χ3v) is 2.37. The van der Waals surface area contributed by atoms with Crippen LogP contribution >= 0.6 is 0 Å². The number of hydrogen-bond acceptors (Lipinski definition) is 1. The second-order valence-corrected chi connectivity index (χ2v) is 3.37. The van der Waals surface area contributed by atoms with Gasteiger partial charge in [0.2, 0.25) is 0 Å². The van der Waals surface area contributed by atoms with Gasteiger partial charge in [0, 0.05) is 0 Å². The van der Waals surface area contributed by atoms with Crippen molar-refractivity contribution in [2.75, 3.05) is 0 Å². The Morgan fingerprint density at radius 3 is 2.67 bits per heavy atom. The summed E-state index contributed by atoms with van der Waals surface area (Å²) in [5, 5.41) is 8.82. The Morgan fingerprint density at radius 2 is 1.92 bits per heavy atom. The molecule has 1 unspecified atom stereocenters. The average molecular weight is 168 g/mol. The van der Waals surface area contributed by atoms with Crippen molar-refractivity contribution in [1.29, 1.82) is 0 Å². The Bertz CT molecular complexity index is 173. The van der Waals surface area contributed by atoms with Gasteiger partial charge in [0.1, 0.15) is 0 Å². The highest BCUT2D eigenvalue weighted by molar-refractivity contribution is 5.69. The van der Waals surface area contributed by atoms with Gasteiger partial charge < -0.3 is 5.11 Å². The summed E-state index contributed by atoms with van der Waals surface area (Å²) in [5.41, 5.74) is 0. The predicted molar refractivity (Wildman–Crippen MR) is 48.0 cm³/mol. The summed E-state index contributed by atoms with van der Waals surface area (Å²) in [6, 6.07) is 0. The molecule has 1 aliphatic rings. The van der Waals surface area contributed by atoms with Crippen LogP contribution in [0.3, 0.4) is 0 Å². The highest BCUT2D eigenvalue weighted by atomic mass is 16.4. The highest BCUT2D eigenvalue weighted by Crippen LogP contribution is 2.18. The number of rotatable bonds is 1. The monoisotopic (exact) mass is 168 g/mol. The van der Waals surface area contributed by atoms with E-state index in [4.69, 9.17) is 5.11 Å². The van der Waals surface area contributed by atoms with Crippen molar-refractivity contribution in [1.82, 2.24) is 0 Å². The van der Waals surface area contributed by atoms with Crippen molar-refractivity contribution in [3.8, 4) is 0 Å². The van der Waals surface area contributed by atoms with Gasteiger partial charge in [-0.3, -0.25) is 4.79 Å². The maximum Gasteiger partial charge on any atom is 0.306 e. The first-order chi connectivity index (χ1) is 5.80. The third-order valence-electron chi connectivity index (χ3n) is 2.37. The number of allylic oxidation sites excluding steroid dienone is 2. The van der Waals surface area contributed by atoms with E-state index in [0.29, 0.717) is 0 Å². The van der Waals surface area contributed by atoms with Gasteiger partial charge in [-0.2, -0.15) is 0 Å². The van der Waals surface area contributed by atoms with E-state index in [2.05, 4.69) is 12.2 Å². The molecule has 0 heterocycles. The van der Waals surface area contributed by atoms with Crippen LogP contribution in [0.1, 0.15) is 38.5 Å². The van der Waals surface area contributed by atoms with E-state index >= 15 is 0 Å². The summed E-state index contributed by atoms with van der Waals surface area (Å²) in [6.07, 6.45) is 10.2. The van der Waals surface area contributed by atoms with E-state index in [0.717, 1.165) is 38.5 Å². The van der Waals surface area contributed by atoms with Crippen LogP contribution < -0.4 is 0 Å². The van der Waals surface area contributed by atoms with Gasteiger partial charge in [0.05, 0.1) is 5.92 Å². The average Bonchev–Trinajstić information content (AvgIpc) is 2.15. The molecule has 0 aliphatic heterocycles. The number of aliphatic carboxylic acids is 1. The predicted octanol–water partition coefficient (Wildman–Crippen LogP) is 2.60. The molecule has 0 aromatic heterocycles. The molecule has 0 amide bonds. The van der Waals surface area contributed by atoms with Gasteiger partial charge in [-0.25, -0.2) is 0 Å². The number of carbonyl (C=O) groups is 1. The molecule has 1 atom stereocenters. The first kappa shape index (κ1) is 9.30. The highest BCUT2D eigenvalue weighted by Gasteiger charge is 2.15. The zero-order chi connectivity index (χ0) is 8.81. The molecule has 1 aliphatic carbocycles. The Kier molecular flexibility index (Phi) is 3.85. The molecule has 0 saturated heterocycles. The summed E-state index contributed by atoms with van der Waals surface area (Å²) in [6.45, 7) is 0. The van der Waals surface area contributed by atoms with Crippen LogP contribution in [0.15, 0.2) is 12.2 Å². The quantitative estimate of drug-likeness (QED) is 0.611. The lowest BCUT2D eigenvalue weighted by atomic mass is 9.97. The fourth-order valence-corrected chi connectivity index (χ4v) is 1.58. The minimum Gasteiger partial charge on any atom is -0.481 e. The fourth-order valence-electron chi connectivity index (χ4n) is 1.58. The lowest BCUT2D eigenvalue weighted by molar-refractivity contribution is -0.142. The van der Waals surface area contributed by atoms with Crippen molar-refractivity contribution in [2.45, 2.75) is 38.5 Å². The Morgan fingerprint density at radius 1 is 1.17 bits per heavy atom. The number of carboxylic acids is 1. The lowest BCUT2D eigenvalue weighted by Crippen LogP contribution is -2.12. The fraction of sp³-hybridized carbons (Fsp3) is 0.700. The van der Waals surface area contributed by atoms with Crippen molar-refractivity contribution < 1.29 is 9.90 Å². The van der Waals surface area contributed by atoms with Crippen molar-refractivity contribution >= 4 is 5.97 Å². The van der Waals surface area contributed by atoms with Crippen LogP contribution in [0.5, 0.6) is 0 Å². The minimum absolute atomic E-state index is 0.104. The molecular formula is C10H16O2. The topological polar surface area (TPSA) is 37.3 Å². The normalized spacial score (nSPS) is 25.5. The van der Waals surface area contributed by atoms with Gasteiger partial charge in [0.25, 0.3) is 0 Å². The molecule has 1 rings (SSSR count).